The van der Waals surface area contributed by atoms with Gasteiger partial charge >= 0.3 is 0 Å². The molecule has 2 heterocycles. The summed E-state index contributed by atoms with van der Waals surface area (Å²) in [6.45, 7) is 5.72. The first-order valence-corrected chi connectivity index (χ1v) is 11.9. The predicted molar refractivity (Wildman–Crippen MR) is 119 cm³/mol. The second-order valence-electron chi connectivity index (χ2n) is 8.26. The van der Waals surface area contributed by atoms with E-state index < -0.39 is 0 Å². The molecule has 1 aromatic carbocycles. The molecule has 1 aliphatic heterocycles. The van der Waals surface area contributed by atoms with Gasteiger partial charge in [-0.1, -0.05) is 38.3 Å². The summed E-state index contributed by atoms with van der Waals surface area (Å²) in [7, 11) is 0. The lowest BCUT2D eigenvalue weighted by atomic mass is 9.89. The van der Waals surface area contributed by atoms with Crippen LogP contribution in [0.5, 0.6) is 0 Å². The Morgan fingerprint density at radius 1 is 1.17 bits per heavy atom. The van der Waals surface area contributed by atoms with Crippen LogP contribution in [-0.2, 0) is 19.6 Å². The van der Waals surface area contributed by atoms with Gasteiger partial charge < -0.3 is 5.32 Å². The maximum atomic E-state index is 12.6. The molecule has 1 aliphatic carbocycles. The van der Waals surface area contributed by atoms with Crippen molar-refractivity contribution in [1.29, 1.82) is 0 Å². The van der Waals surface area contributed by atoms with Crippen LogP contribution in [0.15, 0.2) is 41.4 Å². The summed E-state index contributed by atoms with van der Waals surface area (Å²) in [6.07, 6.45) is 8.64. The molecule has 1 N–H and O–H groups in total. The second-order valence-corrected chi connectivity index (χ2v) is 9.60. The van der Waals surface area contributed by atoms with E-state index in [9.17, 15) is 4.79 Å². The molecule has 29 heavy (non-hydrogen) atoms. The zero-order valence-corrected chi connectivity index (χ0v) is 18.1. The van der Waals surface area contributed by atoms with Crippen LogP contribution >= 0.6 is 11.8 Å². The standard InChI is InChI=1S/C24H31N3OS/c1-2-29-22-10-8-18(9-11-22)13-26-24(28)20-12-21-16-27(17-23(21)25-14-20)15-19-6-4-3-5-7-19/h8-12,14,19H,2-7,13,15-17H2,1H3,(H,26,28). The van der Waals surface area contributed by atoms with Gasteiger partial charge in [-0.3, -0.25) is 14.7 Å². The Labute approximate surface area is 178 Å². The van der Waals surface area contributed by atoms with Crippen LogP contribution in [0.2, 0.25) is 0 Å². The van der Waals surface area contributed by atoms with Crippen molar-refractivity contribution < 1.29 is 4.79 Å². The lowest BCUT2D eigenvalue weighted by Gasteiger charge is -2.26. The monoisotopic (exact) mass is 409 g/mol. The van der Waals surface area contributed by atoms with Crippen LogP contribution in [0.1, 0.15) is 66.2 Å². The number of carbonyl (C=O) groups excluding carboxylic acids is 1. The van der Waals surface area contributed by atoms with Crippen LogP contribution in [-0.4, -0.2) is 28.1 Å². The fourth-order valence-corrected chi connectivity index (χ4v) is 5.13. The minimum atomic E-state index is -0.0435. The first-order chi connectivity index (χ1) is 14.2. The Morgan fingerprint density at radius 2 is 1.97 bits per heavy atom. The number of nitrogens with one attached hydrogen (secondary N) is 1. The van der Waals surface area contributed by atoms with Crippen molar-refractivity contribution in [1.82, 2.24) is 15.2 Å². The van der Waals surface area contributed by atoms with Crippen LogP contribution in [0.3, 0.4) is 0 Å². The van der Waals surface area contributed by atoms with Crippen molar-refractivity contribution in [2.24, 2.45) is 5.92 Å². The van der Waals surface area contributed by atoms with Gasteiger partial charge in [0.2, 0.25) is 0 Å². The van der Waals surface area contributed by atoms with Crippen LogP contribution < -0.4 is 5.32 Å². The zero-order valence-electron chi connectivity index (χ0n) is 17.3. The highest BCUT2D eigenvalue weighted by Crippen LogP contribution is 2.28. The summed E-state index contributed by atoms with van der Waals surface area (Å²) < 4.78 is 0. The minimum absolute atomic E-state index is 0.0435. The molecular formula is C24H31N3OS. The molecule has 4 nitrogen and oxygen atoms in total. The first kappa shape index (κ1) is 20.4. The minimum Gasteiger partial charge on any atom is -0.348 e. The molecule has 1 fully saturated rings. The van der Waals surface area contributed by atoms with E-state index >= 15 is 0 Å². The molecule has 5 heteroatoms. The molecular weight excluding hydrogens is 378 g/mol. The van der Waals surface area contributed by atoms with Gasteiger partial charge in [0.1, 0.15) is 0 Å². The largest absolute Gasteiger partial charge is 0.348 e. The number of hydrogen-bond donors (Lipinski definition) is 1. The summed E-state index contributed by atoms with van der Waals surface area (Å²) in [6, 6.07) is 10.4. The number of hydrogen-bond acceptors (Lipinski definition) is 4. The molecule has 1 amide bonds. The molecule has 0 atom stereocenters. The van der Waals surface area contributed by atoms with Crippen molar-refractivity contribution in [3.8, 4) is 0 Å². The number of fused-ring (bicyclic) bond motifs is 1. The van der Waals surface area contributed by atoms with E-state index in [0.29, 0.717) is 12.1 Å². The SMILES string of the molecule is CCSc1ccc(CNC(=O)c2cnc3c(c2)CN(CC2CCCCC2)C3)cc1. The van der Waals surface area contributed by atoms with Crippen LogP contribution in [0, 0.1) is 5.92 Å². The highest BCUT2D eigenvalue weighted by Gasteiger charge is 2.24. The number of carbonyl (C=O) groups is 1. The molecule has 0 spiro atoms. The third-order valence-electron chi connectivity index (χ3n) is 6.02. The first-order valence-electron chi connectivity index (χ1n) is 10.9. The number of rotatable bonds is 7. The van der Waals surface area contributed by atoms with E-state index in [0.717, 1.165) is 36.0 Å². The van der Waals surface area contributed by atoms with Crippen LogP contribution in [0.25, 0.3) is 0 Å². The fraction of sp³-hybridized carbons (Fsp3) is 0.500. The van der Waals surface area contributed by atoms with E-state index in [4.69, 9.17) is 0 Å². The van der Waals surface area contributed by atoms with E-state index in [1.807, 2.05) is 17.8 Å². The third kappa shape index (κ3) is 5.40. The molecule has 1 saturated carbocycles. The van der Waals surface area contributed by atoms with Crippen molar-refractivity contribution >= 4 is 17.7 Å². The Hall–Kier alpha value is -1.85. The Kier molecular flexibility index (Phi) is 6.88. The van der Waals surface area contributed by atoms with E-state index in [1.165, 1.54) is 49.1 Å². The summed E-state index contributed by atoms with van der Waals surface area (Å²) in [5.41, 5.74) is 4.14. The molecule has 0 radical (unpaired) electrons. The van der Waals surface area contributed by atoms with Crippen molar-refractivity contribution in [3.63, 3.8) is 0 Å². The quantitative estimate of drug-likeness (QED) is 0.652. The average Bonchev–Trinajstić information content (AvgIpc) is 3.15. The molecule has 154 valence electrons. The molecule has 0 bridgehead atoms. The smallest absolute Gasteiger partial charge is 0.253 e. The average molecular weight is 410 g/mol. The highest BCUT2D eigenvalue weighted by atomic mass is 32.2. The van der Waals surface area contributed by atoms with Gasteiger partial charge in [-0.2, -0.15) is 0 Å². The number of amides is 1. The molecule has 0 saturated heterocycles. The summed E-state index contributed by atoms with van der Waals surface area (Å²) in [5.74, 6) is 1.86. The van der Waals surface area contributed by atoms with Gasteiger partial charge in [0.05, 0.1) is 11.3 Å². The molecule has 2 aliphatic rings. The Morgan fingerprint density at radius 3 is 2.72 bits per heavy atom. The zero-order chi connectivity index (χ0) is 20.1. The molecule has 1 aromatic heterocycles. The topological polar surface area (TPSA) is 45.2 Å². The number of aromatic nitrogens is 1. The predicted octanol–water partition coefficient (Wildman–Crippen LogP) is 5.02. The van der Waals surface area contributed by atoms with Crippen molar-refractivity contribution in [2.45, 2.75) is 63.6 Å². The number of benzene rings is 1. The normalized spacial score (nSPS) is 17.3. The highest BCUT2D eigenvalue weighted by molar-refractivity contribution is 7.99. The van der Waals surface area contributed by atoms with Crippen LogP contribution in [0.4, 0.5) is 0 Å². The lowest BCUT2D eigenvalue weighted by molar-refractivity contribution is 0.0950. The second kappa shape index (κ2) is 9.77. The Balaban J connectivity index is 1.31. The third-order valence-corrected chi connectivity index (χ3v) is 6.91. The van der Waals surface area contributed by atoms with Crippen molar-refractivity contribution in [2.75, 3.05) is 12.3 Å². The van der Waals surface area contributed by atoms with Gasteiger partial charge in [-0.25, -0.2) is 0 Å². The molecule has 4 rings (SSSR count). The van der Waals surface area contributed by atoms with Gasteiger partial charge in [0, 0.05) is 37.3 Å². The maximum Gasteiger partial charge on any atom is 0.253 e. The Bertz CT molecular complexity index is 831. The van der Waals surface area contributed by atoms with E-state index in [2.05, 4.69) is 46.4 Å². The number of thioether (sulfide) groups is 1. The van der Waals surface area contributed by atoms with Gasteiger partial charge in [0.15, 0.2) is 0 Å². The summed E-state index contributed by atoms with van der Waals surface area (Å²) in [4.78, 5) is 21.0. The van der Waals surface area contributed by atoms with Gasteiger partial charge in [0.25, 0.3) is 5.91 Å². The summed E-state index contributed by atoms with van der Waals surface area (Å²) >= 11 is 1.83. The lowest BCUT2D eigenvalue weighted by Crippen LogP contribution is -2.26. The molecule has 2 aromatic rings. The van der Waals surface area contributed by atoms with Gasteiger partial charge in [-0.15, -0.1) is 11.8 Å². The number of nitrogens with zero attached hydrogens (tertiary/aromatic N) is 2. The van der Waals surface area contributed by atoms with E-state index in [1.54, 1.807) is 6.20 Å². The van der Waals surface area contributed by atoms with Crippen molar-refractivity contribution in [3.05, 3.63) is 58.9 Å². The summed E-state index contributed by atoms with van der Waals surface area (Å²) in [5, 5.41) is 3.04. The fourth-order valence-electron chi connectivity index (χ4n) is 4.47. The number of pyridine rings is 1. The van der Waals surface area contributed by atoms with E-state index in [-0.39, 0.29) is 5.91 Å². The molecule has 0 unspecified atom stereocenters. The maximum absolute atomic E-state index is 12.6. The van der Waals surface area contributed by atoms with Gasteiger partial charge in [-0.05, 0) is 53.8 Å².